The van der Waals surface area contributed by atoms with Crippen LogP contribution >= 0.6 is 21.6 Å². The highest BCUT2D eigenvalue weighted by atomic mass is 33.1. The molecule has 5 atom stereocenters. The summed E-state index contributed by atoms with van der Waals surface area (Å²) in [5.74, 6) is 2.10. The third-order valence-corrected chi connectivity index (χ3v) is 14.1. The molecule has 0 aliphatic carbocycles. The zero-order valence-corrected chi connectivity index (χ0v) is 34.2. The normalized spacial score (nSPS) is 26.5. The average molecular weight is 825 g/mol. The number of ether oxygens (including phenoxy) is 3. The number of aromatic hydroxyl groups is 1. The van der Waals surface area contributed by atoms with Crippen molar-refractivity contribution in [2.24, 2.45) is 4.99 Å². The minimum absolute atomic E-state index is 0.0662. The molecule has 14 nitrogen and oxygen atoms in total. The lowest BCUT2D eigenvalue weighted by Crippen LogP contribution is -3.04. The third kappa shape index (κ3) is 7.14. The van der Waals surface area contributed by atoms with Gasteiger partial charge in [-0.2, -0.15) is 0 Å². The molecule has 5 aliphatic heterocycles. The molecular weight excluding hydrogens is 779 g/mol. The molecule has 0 saturated carbocycles. The zero-order valence-electron chi connectivity index (χ0n) is 32.6. The fourth-order valence-electron chi connectivity index (χ4n) is 8.58. The van der Waals surface area contributed by atoms with Crippen LogP contribution in [0.2, 0.25) is 0 Å². The standard InChI is InChI=1S/C42H45N7O7S2/c1-22-12-31(50)37-33(53-22)17-32-27(38(37)51)16-35-41(2,55-32)8-11-57-58-21-28-26(15-25(47-39(28)44)19-49-18-24-6-9-46-30(24)20-49)29-13-23(14-36(43)48-29)4-5-34-42(56-34,7-10-45-3)40(52)54-35/h6,9,12-15,17,20,34-35,45,51H,4-5,7-8,10-11,16,18-19,21H2,1-3H3,(H2,43,48)(H2,44,47)/p+1. The fraction of sp³-hybridized carbons (Fsp3) is 0.405. The number of nitrogens with two attached hydrogens (primary N) is 2. The first kappa shape index (κ1) is 38.6. The van der Waals surface area contributed by atoms with E-state index in [-0.39, 0.29) is 28.6 Å². The van der Waals surface area contributed by atoms with E-state index in [0.717, 1.165) is 40.3 Å². The number of nitrogens with one attached hydrogen (secondary N) is 2. The predicted molar refractivity (Wildman–Crippen MR) is 225 cm³/mol. The fourth-order valence-corrected chi connectivity index (χ4v) is 10.9. The Kier molecular flexibility index (Phi) is 10.0. The van der Waals surface area contributed by atoms with Crippen LogP contribution in [0.15, 0.2) is 68.1 Å². The number of hydrogen-bond donors (Lipinski definition) is 5. The van der Waals surface area contributed by atoms with Crippen molar-refractivity contribution in [2.45, 2.75) is 81.7 Å². The molecule has 1 fully saturated rings. The van der Waals surface area contributed by atoms with E-state index in [9.17, 15) is 14.7 Å². The molecule has 0 radical (unpaired) electrons. The van der Waals surface area contributed by atoms with E-state index >= 15 is 0 Å². The number of epoxide rings is 1. The molecule has 8 heterocycles. The first-order valence-electron chi connectivity index (χ1n) is 19.5. The van der Waals surface area contributed by atoms with Crippen LogP contribution in [-0.2, 0) is 39.4 Å². The summed E-state index contributed by atoms with van der Waals surface area (Å²) >= 11 is 0. The number of allylic oxidation sites excluding steroid dienone is 1. The van der Waals surface area contributed by atoms with E-state index in [0.29, 0.717) is 79.0 Å². The highest BCUT2D eigenvalue weighted by molar-refractivity contribution is 8.76. The number of anilines is 2. The third-order valence-electron chi connectivity index (χ3n) is 11.8. The van der Waals surface area contributed by atoms with Crippen molar-refractivity contribution in [3.8, 4) is 22.8 Å². The summed E-state index contributed by atoms with van der Waals surface area (Å²) in [6.07, 6.45) is 6.97. The average Bonchev–Trinajstić information content (AvgIpc) is 3.49. The Morgan fingerprint density at radius 2 is 1.95 bits per heavy atom. The maximum atomic E-state index is 14.4. The highest BCUT2D eigenvalue weighted by Crippen LogP contribution is 2.48. The summed E-state index contributed by atoms with van der Waals surface area (Å²) < 4.78 is 25.3. The van der Waals surface area contributed by atoms with Gasteiger partial charge in [-0.3, -0.25) is 14.7 Å². The lowest BCUT2D eigenvalue weighted by Gasteiger charge is -2.42. The Balaban J connectivity index is 1.06. The number of rotatable bonds is 5. The van der Waals surface area contributed by atoms with Gasteiger partial charge in [-0.25, -0.2) is 14.8 Å². The second kappa shape index (κ2) is 15.1. The van der Waals surface area contributed by atoms with Gasteiger partial charge in [0.25, 0.3) is 0 Å². The van der Waals surface area contributed by atoms with Crippen molar-refractivity contribution >= 4 is 56.4 Å². The van der Waals surface area contributed by atoms with Crippen LogP contribution in [0.5, 0.6) is 11.5 Å². The predicted octanol–water partition coefficient (Wildman–Crippen LogP) is 3.95. The molecule has 1 aromatic carbocycles. The first-order valence-corrected chi connectivity index (χ1v) is 22.0. The van der Waals surface area contributed by atoms with Gasteiger partial charge in [-0.05, 0) is 70.1 Å². The second-order valence-electron chi connectivity index (χ2n) is 15.9. The molecule has 58 heavy (non-hydrogen) atoms. The molecule has 3 aromatic heterocycles. The molecular formula is C42H46N7O7S2+. The van der Waals surface area contributed by atoms with Gasteiger partial charge in [0.2, 0.25) is 0 Å². The van der Waals surface area contributed by atoms with E-state index in [1.54, 1.807) is 34.6 Å². The molecule has 5 unspecified atom stereocenters. The Morgan fingerprint density at radius 3 is 2.78 bits per heavy atom. The van der Waals surface area contributed by atoms with E-state index in [1.807, 2.05) is 32.3 Å². The van der Waals surface area contributed by atoms with Gasteiger partial charge >= 0.3 is 5.97 Å². The SMILES string of the molecule is CNCCC12OC1CCc1cc(N)nc(c1)-c1cc(C[NH+]3C=C4N=CC=C4C3)nc(N)c1CSSCCC1(C)Oc3cc4oc(C)cc(=O)c4c(O)c3CC1OC2=O. The summed E-state index contributed by atoms with van der Waals surface area (Å²) in [5.41, 5.74) is 17.9. The maximum Gasteiger partial charge on any atom is 0.341 e. The first-order chi connectivity index (χ1) is 27.9. The summed E-state index contributed by atoms with van der Waals surface area (Å²) in [6.45, 7) is 5.60. The van der Waals surface area contributed by atoms with Gasteiger partial charge in [0.05, 0.1) is 17.5 Å². The zero-order chi connectivity index (χ0) is 40.3. The number of phenolic OH excluding ortho intramolecular Hbond substituents is 1. The van der Waals surface area contributed by atoms with E-state index in [4.69, 9.17) is 40.1 Å². The molecule has 0 amide bonds. The van der Waals surface area contributed by atoms with Crippen molar-refractivity contribution < 1.29 is 33.4 Å². The number of carbonyl (C=O) groups is 1. The molecule has 1 saturated heterocycles. The monoisotopic (exact) mass is 824 g/mol. The number of nitrogen functional groups attached to an aromatic ring is 2. The van der Waals surface area contributed by atoms with Crippen LogP contribution in [0, 0.1) is 6.92 Å². The largest absolute Gasteiger partial charge is 0.507 e. The molecule has 0 spiro atoms. The lowest BCUT2D eigenvalue weighted by atomic mass is 9.86. The van der Waals surface area contributed by atoms with Crippen molar-refractivity contribution in [3.05, 3.63) is 92.2 Å². The number of quaternary nitrogens is 1. The molecule has 7 N–H and O–H groups in total. The van der Waals surface area contributed by atoms with Gasteiger partial charge in [0.15, 0.2) is 11.0 Å². The van der Waals surface area contributed by atoms with Crippen LogP contribution < -0.4 is 31.8 Å². The number of pyridine rings is 2. The minimum atomic E-state index is -1.17. The van der Waals surface area contributed by atoms with E-state index < -0.39 is 29.4 Å². The number of aryl methyl sites for hydroxylation is 2. The van der Waals surface area contributed by atoms with Crippen LogP contribution in [-0.4, -0.2) is 76.6 Å². The van der Waals surface area contributed by atoms with Gasteiger partial charge in [0, 0.05) is 71.4 Å². The van der Waals surface area contributed by atoms with Crippen LogP contribution in [0.25, 0.3) is 22.2 Å². The van der Waals surface area contributed by atoms with E-state index in [2.05, 4.69) is 28.7 Å². The summed E-state index contributed by atoms with van der Waals surface area (Å²) in [4.78, 5) is 42.7. The Labute approximate surface area is 342 Å². The van der Waals surface area contributed by atoms with Gasteiger partial charge in [0.1, 0.15) is 76.6 Å². The van der Waals surface area contributed by atoms with Crippen LogP contribution in [0.3, 0.4) is 0 Å². The van der Waals surface area contributed by atoms with Crippen molar-refractivity contribution in [2.75, 3.05) is 37.4 Å². The Bertz CT molecular complexity index is 2510. The molecule has 2 bridgehead atoms. The number of carbonyl (C=O) groups excluding carboxylic acids is 1. The Hall–Kier alpha value is -4.87. The second-order valence-corrected chi connectivity index (χ2v) is 18.4. The number of nitrogens with zero attached hydrogens (tertiary/aromatic N) is 3. The molecule has 5 aliphatic rings. The molecule has 4 aromatic rings. The number of fused-ring (bicyclic) bond motifs is 9. The molecule has 9 rings (SSSR count). The summed E-state index contributed by atoms with van der Waals surface area (Å²) in [7, 11) is 5.12. The number of phenols is 1. The number of aliphatic imine (C=N–C) groups is 1. The molecule has 16 heteroatoms. The smallest absolute Gasteiger partial charge is 0.341 e. The van der Waals surface area contributed by atoms with Gasteiger partial charge in [-0.1, -0.05) is 21.6 Å². The maximum absolute atomic E-state index is 14.4. The lowest BCUT2D eigenvalue weighted by molar-refractivity contribution is -0.852. The summed E-state index contributed by atoms with van der Waals surface area (Å²) in [6, 6.07) is 8.99. The van der Waals surface area contributed by atoms with Gasteiger partial charge < -0.3 is 40.5 Å². The topological polar surface area (TPSA) is 205 Å². The van der Waals surface area contributed by atoms with Crippen molar-refractivity contribution in [1.82, 2.24) is 15.3 Å². The quantitative estimate of drug-likeness (QED) is 0.110. The summed E-state index contributed by atoms with van der Waals surface area (Å²) in [5, 5.41) is 14.7. The molecule has 302 valence electrons. The highest BCUT2D eigenvalue weighted by Gasteiger charge is 2.63. The van der Waals surface area contributed by atoms with E-state index in [1.165, 1.54) is 16.5 Å². The Morgan fingerprint density at radius 1 is 1.09 bits per heavy atom. The number of aromatic nitrogens is 2. The van der Waals surface area contributed by atoms with Gasteiger partial charge in [-0.15, -0.1) is 0 Å². The minimum Gasteiger partial charge on any atom is -0.507 e. The number of hydrogen-bond acceptors (Lipinski definition) is 15. The number of esters is 1. The van der Waals surface area contributed by atoms with Crippen LogP contribution in [0.1, 0.15) is 54.3 Å². The van der Waals surface area contributed by atoms with Crippen molar-refractivity contribution in [1.29, 1.82) is 0 Å². The van der Waals surface area contributed by atoms with Crippen LogP contribution in [0.4, 0.5) is 11.6 Å². The van der Waals surface area contributed by atoms with Crippen molar-refractivity contribution in [3.63, 3.8) is 0 Å². The number of benzene rings is 1.